The summed E-state index contributed by atoms with van der Waals surface area (Å²) in [5.41, 5.74) is 3.58. The van der Waals surface area contributed by atoms with Gasteiger partial charge in [0.25, 0.3) is 5.82 Å². The molecule has 0 bridgehead atoms. The Hall–Kier alpha value is -4.12. The highest BCUT2D eigenvalue weighted by Gasteiger charge is 2.37. The molecule has 0 radical (unpaired) electrons. The molecule has 11 heteroatoms. The van der Waals surface area contributed by atoms with E-state index < -0.39 is 12.0 Å². The first-order chi connectivity index (χ1) is 19.3. The monoisotopic (exact) mass is 547 g/mol. The van der Waals surface area contributed by atoms with Gasteiger partial charge in [0.2, 0.25) is 11.7 Å². The Kier molecular flexibility index (Phi) is 7.05. The van der Waals surface area contributed by atoms with Gasteiger partial charge in [0.1, 0.15) is 5.69 Å². The van der Waals surface area contributed by atoms with Crippen molar-refractivity contribution in [2.24, 2.45) is 0 Å². The number of rotatable bonds is 6. The molecule has 8 nitrogen and oxygen atoms in total. The molecule has 1 aliphatic heterocycles. The number of aromatic nitrogens is 5. The highest BCUT2D eigenvalue weighted by molar-refractivity contribution is 6.07. The number of nitrogens with zero attached hydrogens (tertiary/aromatic N) is 6. The number of anilines is 2. The van der Waals surface area contributed by atoms with Gasteiger partial charge in [-0.1, -0.05) is 36.4 Å². The number of fused-ring (bicyclic) bond motifs is 1. The van der Waals surface area contributed by atoms with Crippen LogP contribution in [0.5, 0.6) is 0 Å². The van der Waals surface area contributed by atoms with E-state index in [0.29, 0.717) is 17.3 Å². The van der Waals surface area contributed by atoms with Crippen LogP contribution in [0.1, 0.15) is 58.7 Å². The van der Waals surface area contributed by atoms with Gasteiger partial charge in [-0.05, 0) is 87.0 Å². The number of benzene rings is 2. The van der Waals surface area contributed by atoms with E-state index in [-0.39, 0.29) is 23.2 Å². The fraction of sp³-hybridized carbons (Fsp3) is 0.345. The maximum atomic E-state index is 13.6. The van der Waals surface area contributed by atoms with E-state index in [0.717, 1.165) is 43.5 Å². The maximum absolute atomic E-state index is 13.6. The van der Waals surface area contributed by atoms with Gasteiger partial charge < -0.3 is 10.2 Å². The zero-order valence-electron chi connectivity index (χ0n) is 21.7. The molecule has 2 aromatic carbocycles. The molecule has 1 N–H and O–H groups in total. The second kappa shape index (κ2) is 10.8. The van der Waals surface area contributed by atoms with Crippen molar-refractivity contribution in [3.63, 3.8) is 0 Å². The van der Waals surface area contributed by atoms with Gasteiger partial charge in [0.05, 0.1) is 0 Å². The van der Waals surface area contributed by atoms with E-state index in [2.05, 4.69) is 30.5 Å². The summed E-state index contributed by atoms with van der Waals surface area (Å²) in [5.74, 6) is -1.79. The summed E-state index contributed by atoms with van der Waals surface area (Å²) in [6.07, 6.45) is 1.84. The summed E-state index contributed by atoms with van der Waals surface area (Å²) in [5, 5.41) is 14.6. The Morgan fingerprint density at radius 1 is 0.900 bits per heavy atom. The number of carbonyl (C=O) groups is 1. The van der Waals surface area contributed by atoms with Crippen LogP contribution in [0.25, 0.3) is 5.82 Å². The standard InChI is InChI=1S/C29H28F3N7O/c30-29(31,32)27-34-28(39(37-27)25-15-14-24(35-36-25)26(40)20-6-2-1-3-7-20)33-22-11-8-19-9-12-23(13-10-21(19)18-22)38-16-4-5-17-38/h1-3,6-8,11,14-15,18,23H,4-5,9-10,12-13,16-17H2,(H,33,34,37). The van der Waals surface area contributed by atoms with Crippen molar-refractivity contribution >= 4 is 17.4 Å². The van der Waals surface area contributed by atoms with Crippen LogP contribution in [0.15, 0.2) is 60.7 Å². The van der Waals surface area contributed by atoms with E-state index >= 15 is 0 Å². The van der Waals surface area contributed by atoms with Crippen molar-refractivity contribution in [2.45, 2.75) is 50.7 Å². The van der Waals surface area contributed by atoms with Crippen LogP contribution in [-0.2, 0) is 19.0 Å². The van der Waals surface area contributed by atoms with Crippen molar-refractivity contribution in [1.82, 2.24) is 29.9 Å². The molecule has 0 amide bonds. The number of carbonyl (C=O) groups excluding carboxylic acids is 1. The molecule has 1 saturated heterocycles. The molecule has 1 atom stereocenters. The Bertz CT molecular complexity index is 1500. The van der Waals surface area contributed by atoms with Gasteiger partial charge in [-0.15, -0.1) is 15.3 Å². The van der Waals surface area contributed by atoms with Crippen LogP contribution >= 0.6 is 0 Å². The topological polar surface area (TPSA) is 88.8 Å². The molecule has 2 aromatic heterocycles. The summed E-state index contributed by atoms with van der Waals surface area (Å²) in [7, 11) is 0. The summed E-state index contributed by atoms with van der Waals surface area (Å²) in [6, 6.07) is 17.8. The third kappa shape index (κ3) is 5.46. The zero-order valence-corrected chi connectivity index (χ0v) is 21.7. The highest BCUT2D eigenvalue weighted by Crippen LogP contribution is 2.31. The molecule has 0 saturated carbocycles. The van der Waals surface area contributed by atoms with Crippen LogP contribution in [0.4, 0.5) is 24.8 Å². The van der Waals surface area contributed by atoms with E-state index in [1.165, 1.54) is 36.1 Å². The Balaban J connectivity index is 1.25. The smallest absolute Gasteiger partial charge is 0.324 e. The average Bonchev–Trinajstić information content (AvgIpc) is 3.60. The molecular weight excluding hydrogens is 519 g/mol. The summed E-state index contributed by atoms with van der Waals surface area (Å²) in [4.78, 5) is 19.0. The third-order valence-electron chi connectivity index (χ3n) is 7.61. The number of nitrogens with one attached hydrogen (secondary N) is 1. The summed E-state index contributed by atoms with van der Waals surface area (Å²) < 4.78 is 41.7. The van der Waals surface area contributed by atoms with Crippen LogP contribution < -0.4 is 5.32 Å². The van der Waals surface area contributed by atoms with Crippen LogP contribution in [0, 0.1) is 0 Å². The minimum absolute atomic E-state index is 0.00155. The molecular formula is C29H28F3N7O. The second-order valence-corrected chi connectivity index (χ2v) is 10.2. The minimum Gasteiger partial charge on any atom is -0.324 e. The largest absolute Gasteiger partial charge is 0.453 e. The normalized spacial score (nSPS) is 17.8. The quantitative estimate of drug-likeness (QED) is 0.256. The Morgan fingerprint density at radius 3 is 2.35 bits per heavy atom. The van der Waals surface area contributed by atoms with E-state index in [9.17, 15) is 18.0 Å². The molecule has 206 valence electrons. The lowest BCUT2D eigenvalue weighted by Crippen LogP contribution is -2.32. The highest BCUT2D eigenvalue weighted by atomic mass is 19.4. The molecule has 2 aliphatic rings. The zero-order chi connectivity index (χ0) is 27.7. The van der Waals surface area contributed by atoms with Crippen molar-refractivity contribution in [2.75, 3.05) is 18.4 Å². The average molecular weight is 548 g/mol. The molecule has 1 fully saturated rings. The number of hydrogen-bond donors (Lipinski definition) is 1. The SMILES string of the molecule is O=C(c1ccccc1)c1ccc(-n2nc(C(F)(F)F)nc2Nc2ccc3c(c2)CCC(N2CCCC2)CC3)nn1. The van der Waals surface area contributed by atoms with E-state index in [1.54, 1.807) is 30.3 Å². The number of halogens is 3. The number of hydrogen-bond acceptors (Lipinski definition) is 7. The summed E-state index contributed by atoms with van der Waals surface area (Å²) in [6.45, 7) is 2.32. The van der Waals surface area contributed by atoms with Crippen LogP contribution in [0.3, 0.4) is 0 Å². The molecule has 3 heterocycles. The van der Waals surface area contributed by atoms with Crippen molar-refractivity contribution in [3.05, 3.63) is 88.9 Å². The minimum atomic E-state index is -4.75. The first-order valence-electron chi connectivity index (χ1n) is 13.5. The molecule has 40 heavy (non-hydrogen) atoms. The molecule has 0 spiro atoms. The predicted octanol–water partition coefficient (Wildman–Crippen LogP) is 5.39. The van der Waals surface area contributed by atoms with E-state index in [1.807, 2.05) is 18.2 Å². The van der Waals surface area contributed by atoms with Crippen molar-refractivity contribution < 1.29 is 18.0 Å². The first-order valence-corrected chi connectivity index (χ1v) is 13.5. The van der Waals surface area contributed by atoms with E-state index in [4.69, 9.17) is 0 Å². The lowest BCUT2D eigenvalue weighted by atomic mass is 10.0. The van der Waals surface area contributed by atoms with Crippen LogP contribution in [0.2, 0.25) is 0 Å². The van der Waals surface area contributed by atoms with Gasteiger partial charge >= 0.3 is 6.18 Å². The van der Waals surface area contributed by atoms with Gasteiger partial charge in [-0.3, -0.25) is 4.79 Å². The number of likely N-dealkylation sites (tertiary alicyclic amines) is 1. The number of aryl methyl sites for hydroxylation is 2. The van der Waals surface area contributed by atoms with Gasteiger partial charge in [-0.2, -0.15) is 22.8 Å². The third-order valence-corrected chi connectivity index (χ3v) is 7.61. The molecule has 6 rings (SSSR count). The number of alkyl halides is 3. The van der Waals surface area contributed by atoms with Crippen molar-refractivity contribution in [1.29, 1.82) is 0 Å². The van der Waals surface area contributed by atoms with Gasteiger partial charge in [-0.25, -0.2) is 0 Å². The second-order valence-electron chi connectivity index (χ2n) is 10.2. The maximum Gasteiger partial charge on any atom is 0.453 e. The van der Waals surface area contributed by atoms with Gasteiger partial charge in [0, 0.05) is 17.3 Å². The number of ketones is 1. The molecule has 1 unspecified atom stereocenters. The van der Waals surface area contributed by atoms with Crippen molar-refractivity contribution in [3.8, 4) is 5.82 Å². The molecule has 4 aromatic rings. The summed E-state index contributed by atoms with van der Waals surface area (Å²) >= 11 is 0. The van der Waals surface area contributed by atoms with Crippen LogP contribution in [-0.4, -0.2) is 54.8 Å². The fourth-order valence-corrected chi connectivity index (χ4v) is 5.54. The predicted molar refractivity (Wildman–Crippen MR) is 143 cm³/mol. The lowest BCUT2D eigenvalue weighted by Gasteiger charge is -2.25. The Labute approximate surface area is 229 Å². The fourth-order valence-electron chi connectivity index (χ4n) is 5.54. The lowest BCUT2D eigenvalue weighted by molar-refractivity contribution is -0.144. The molecule has 1 aliphatic carbocycles. The first kappa shape index (κ1) is 26.1. The Morgan fingerprint density at radius 2 is 1.65 bits per heavy atom. The van der Waals surface area contributed by atoms with Gasteiger partial charge in [0.15, 0.2) is 5.82 Å².